The maximum Gasteiger partial charge on any atom is 0.319 e. The SMILES string of the molecule is CCCCC[C@@H](Br)C(=O)OC(C)C. The molecule has 1 atom stereocenters. The van der Waals surface area contributed by atoms with Crippen molar-refractivity contribution in [2.45, 2.75) is 57.4 Å². The van der Waals surface area contributed by atoms with Crippen LogP contribution in [0.4, 0.5) is 0 Å². The maximum atomic E-state index is 11.3. The number of hydrogen-bond donors (Lipinski definition) is 0. The molecule has 0 heterocycles. The van der Waals surface area contributed by atoms with E-state index in [0.29, 0.717) is 0 Å². The van der Waals surface area contributed by atoms with E-state index in [4.69, 9.17) is 4.74 Å². The average molecular weight is 251 g/mol. The molecular formula is C10H19BrO2. The molecule has 0 saturated heterocycles. The van der Waals surface area contributed by atoms with E-state index in [1.807, 2.05) is 13.8 Å². The van der Waals surface area contributed by atoms with Gasteiger partial charge in [0.15, 0.2) is 0 Å². The molecule has 0 N–H and O–H groups in total. The summed E-state index contributed by atoms with van der Waals surface area (Å²) in [6.45, 7) is 5.88. The number of carbonyl (C=O) groups is 1. The Bertz CT molecular complexity index is 146. The summed E-state index contributed by atoms with van der Waals surface area (Å²) in [6, 6.07) is 0. The fourth-order valence-corrected chi connectivity index (χ4v) is 1.43. The lowest BCUT2D eigenvalue weighted by Gasteiger charge is -2.12. The van der Waals surface area contributed by atoms with E-state index in [-0.39, 0.29) is 16.9 Å². The minimum absolute atomic E-state index is 0.0151. The van der Waals surface area contributed by atoms with E-state index < -0.39 is 0 Å². The second kappa shape index (κ2) is 7.36. The molecule has 0 aromatic heterocycles. The third kappa shape index (κ3) is 7.05. The lowest BCUT2D eigenvalue weighted by Crippen LogP contribution is -2.20. The monoisotopic (exact) mass is 250 g/mol. The zero-order chi connectivity index (χ0) is 10.3. The molecule has 0 amide bonds. The Labute approximate surface area is 89.2 Å². The average Bonchev–Trinajstić information content (AvgIpc) is 2.03. The molecule has 0 aliphatic rings. The van der Waals surface area contributed by atoms with E-state index in [0.717, 1.165) is 12.8 Å². The zero-order valence-corrected chi connectivity index (χ0v) is 10.3. The Morgan fingerprint density at radius 2 is 2.00 bits per heavy atom. The standard InChI is InChI=1S/C10H19BrO2/c1-4-5-6-7-9(11)10(12)13-8(2)3/h8-9H,4-7H2,1-3H3/t9-/m1/s1. The van der Waals surface area contributed by atoms with Crippen LogP contribution in [-0.2, 0) is 9.53 Å². The first-order valence-corrected chi connectivity index (χ1v) is 5.84. The van der Waals surface area contributed by atoms with Gasteiger partial charge in [0.2, 0.25) is 0 Å². The summed E-state index contributed by atoms with van der Waals surface area (Å²) in [5, 5.41) is 0. The minimum Gasteiger partial charge on any atom is -0.462 e. The second-order valence-electron chi connectivity index (χ2n) is 3.45. The van der Waals surface area contributed by atoms with Gasteiger partial charge in [0.1, 0.15) is 4.83 Å². The fraction of sp³-hybridized carbons (Fsp3) is 0.900. The normalized spacial score (nSPS) is 13.0. The molecule has 0 aliphatic heterocycles. The van der Waals surface area contributed by atoms with Gasteiger partial charge in [0.25, 0.3) is 0 Å². The summed E-state index contributed by atoms with van der Waals surface area (Å²) in [4.78, 5) is 11.2. The van der Waals surface area contributed by atoms with E-state index in [9.17, 15) is 4.79 Å². The van der Waals surface area contributed by atoms with Crippen molar-refractivity contribution in [3.8, 4) is 0 Å². The zero-order valence-electron chi connectivity index (χ0n) is 8.68. The number of hydrogen-bond acceptors (Lipinski definition) is 2. The number of esters is 1. The van der Waals surface area contributed by atoms with Gasteiger partial charge >= 0.3 is 5.97 Å². The van der Waals surface area contributed by atoms with Crippen molar-refractivity contribution in [3.05, 3.63) is 0 Å². The molecular weight excluding hydrogens is 232 g/mol. The molecule has 13 heavy (non-hydrogen) atoms. The van der Waals surface area contributed by atoms with Gasteiger partial charge in [-0.2, -0.15) is 0 Å². The van der Waals surface area contributed by atoms with Crippen LogP contribution in [0.15, 0.2) is 0 Å². The Balaban J connectivity index is 3.57. The summed E-state index contributed by atoms with van der Waals surface area (Å²) in [7, 11) is 0. The molecule has 0 aromatic carbocycles. The molecule has 0 fully saturated rings. The Hall–Kier alpha value is -0.0500. The number of carbonyl (C=O) groups excluding carboxylic acids is 1. The number of halogens is 1. The van der Waals surface area contributed by atoms with Gasteiger partial charge in [-0.05, 0) is 20.3 Å². The number of alkyl halides is 1. The van der Waals surface area contributed by atoms with Gasteiger partial charge < -0.3 is 4.74 Å². The van der Waals surface area contributed by atoms with Crippen molar-refractivity contribution >= 4 is 21.9 Å². The highest BCUT2D eigenvalue weighted by molar-refractivity contribution is 9.10. The van der Waals surface area contributed by atoms with Crippen molar-refractivity contribution < 1.29 is 9.53 Å². The highest BCUT2D eigenvalue weighted by atomic mass is 79.9. The first-order valence-electron chi connectivity index (χ1n) is 4.92. The Kier molecular flexibility index (Phi) is 7.33. The molecule has 0 bridgehead atoms. The van der Waals surface area contributed by atoms with E-state index in [1.54, 1.807) is 0 Å². The predicted molar refractivity (Wildman–Crippen MR) is 58.1 cm³/mol. The van der Waals surface area contributed by atoms with Crippen LogP contribution in [0, 0.1) is 0 Å². The molecule has 0 radical (unpaired) electrons. The van der Waals surface area contributed by atoms with Gasteiger partial charge in [-0.15, -0.1) is 0 Å². The number of unbranched alkanes of at least 4 members (excludes halogenated alkanes) is 2. The first-order chi connectivity index (χ1) is 6.07. The first kappa shape index (κ1) is 12.9. The third-order valence-electron chi connectivity index (χ3n) is 1.67. The smallest absolute Gasteiger partial charge is 0.319 e. The summed E-state index contributed by atoms with van der Waals surface area (Å²) in [5.41, 5.74) is 0. The van der Waals surface area contributed by atoms with Crippen molar-refractivity contribution in [3.63, 3.8) is 0 Å². The third-order valence-corrected chi connectivity index (χ3v) is 2.50. The lowest BCUT2D eigenvalue weighted by molar-refractivity contribution is -0.146. The molecule has 78 valence electrons. The van der Waals surface area contributed by atoms with Gasteiger partial charge in [0.05, 0.1) is 6.10 Å². The largest absolute Gasteiger partial charge is 0.462 e. The van der Waals surface area contributed by atoms with Crippen LogP contribution in [-0.4, -0.2) is 16.9 Å². The molecule has 0 spiro atoms. The number of ether oxygens (including phenoxy) is 1. The molecule has 0 aliphatic carbocycles. The Morgan fingerprint density at radius 1 is 1.38 bits per heavy atom. The van der Waals surface area contributed by atoms with Crippen molar-refractivity contribution in [2.24, 2.45) is 0 Å². The van der Waals surface area contributed by atoms with E-state index in [2.05, 4.69) is 22.9 Å². The second-order valence-corrected chi connectivity index (χ2v) is 4.55. The van der Waals surface area contributed by atoms with Crippen LogP contribution in [0.25, 0.3) is 0 Å². The van der Waals surface area contributed by atoms with Crippen LogP contribution >= 0.6 is 15.9 Å². The molecule has 3 heteroatoms. The predicted octanol–water partition coefficient (Wildman–Crippen LogP) is 3.28. The van der Waals surface area contributed by atoms with Crippen LogP contribution in [0.3, 0.4) is 0 Å². The summed E-state index contributed by atoms with van der Waals surface area (Å²) in [5.74, 6) is -0.133. The van der Waals surface area contributed by atoms with Gasteiger partial charge in [-0.1, -0.05) is 42.1 Å². The Morgan fingerprint density at radius 3 is 2.46 bits per heavy atom. The van der Waals surface area contributed by atoms with Crippen LogP contribution < -0.4 is 0 Å². The fourth-order valence-electron chi connectivity index (χ4n) is 0.998. The van der Waals surface area contributed by atoms with Crippen molar-refractivity contribution in [2.75, 3.05) is 0 Å². The number of rotatable bonds is 6. The highest BCUT2D eigenvalue weighted by Gasteiger charge is 2.16. The maximum absolute atomic E-state index is 11.3. The molecule has 0 rings (SSSR count). The summed E-state index contributed by atoms with van der Waals surface area (Å²) < 4.78 is 5.06. The summed E-state index contributed by atoms with van der Waals surface area (Å²) in [6.07, 6.45) is 4.30. The highest BCUT2D eigenvalue weighted by Crippen LogP contribution is 2.13. The quantitative estimate of drug-likeness (QED) is 0.411. The van der Waals surface area contributed by atoms with Gasteiger partial charge in [-0.3, -0.25) is 4.79 Å². The van der Waals surface area contributed by atoms with E-state index >= 15 is 0 Å². The van der Waals surface area contributed by atoms with E-state index in [1.165, 1.54) is 12.8 Å². The summed E-state index contributed by atoms with van der Waals surface area (Å²) >= 11 is 3.33. The van der Waals surface area contributed by atoms with Crippen molar-refractivity contribution in [1.82, 2.24) is 0 Å². The van der Waals surface area contributed by atoms with Crippen molar-refractivity contribution in [1.29, 1.82) is 0 Å². The molecule has 0 aromatic rings. The van der Waals surface area contributed by atoms with Gasteiger partial charge in [-0.25, -0.2) is 0 Å². The topological polar surface area (TPSA) is 26.3 Å². The van der Waals surface area contributed by atoms with Gasteiger partial charge in [0, 0.05) is 0 Å². The lowest BCUT2D eigenvalue weighted by atomic mass is 10.1. The molecule has 0 saturated carbocycles. The van der Waals surface area contributed by atoms with Crippen LogP contribution in [0.2, 0.25) is 0 Å². The molecule has 2 nitrogen and oxygen atoms in total. The molecule has 0 unspecified atom stereocenters. The minimum atomic E-state index is -0.133. The van der Waals surface area contributed by atoms with Crippen LogP contribution in [0.5, 0.6) is 0 Å². The van der Waals surface area contributed by atoms with Crippen LogP contribution in [0.1, 0.15) is 46.5 Å².